The van der Waals surface area contributed by atoms with E-state index in [0.29, 0.717) is 13.0 Å². The minimum atomic E-state index is -0.344. The molecule has 13 heavy (non-hydrogen) atoms. The Morgan fingerprint density at radius 3 is 2.92 bits per heavy atom. The van der Waals surface area contributed by atoms with Crippen LogP contribution in [0.3, 0.4) is 0 Å². The molecule has 1 aliphatic heterocycles. The maximum absolute atomic E-state index is 9.70. The lowest BCUT2D eigenvalue weighted by Gasteiger charge is -2.24. The van der Waals surface area contributed by atoms with Gasteiger partial charge in [0.1, 0.15) is 5.75 Å². The van der Waals surface area contributed by atoms with E-state index in [9.17, 15) is 5.11 Å². The van der Waals surface area contributed by atoms with Gasteiger partial charge < -0.3 is 9.84 Å². The first-order valence-electron chi connectivity index (χ1n) is 4.61. The summed E-state index contributed by atoms with van der Waals surface area (Å²) in [5.41, 5.74) is 3.30. The number of aliphatic hydroxyl groups is 1. The van der Waals surface area contributed by atoms with Crippen LogP contribution in [-0.2, 0) is 0 Å². The number of hydrogen-bond acceptors (Lipinski definition) is 2. The van der Waals surface area contributed by atoms with E-state index in [-0.39, 0.29) is 6.10 Å². The molecule has 1 aromatic rings. The molecule has 2 nitrogen and oxygen atoms in total. The van der Waals surface area contributed by atoms with Crippen molar-refractivity contribution in [3.8, 4) is 5.75 Å². The Morgan fingerprint density at radius 1 is 1.38 bits per heavy atom. The number of aryl methyl sites for hydroxylation is 1. The van der Waals surface area contributed by atoms with Gasteiger partial charge >= 0.3 is 0 Å². The van der Waals surface area contributed by atoms with Gasteiger partial charge in [0.05, 0.1) is 12.7 Å². The Balaban J connectivity index is 2.56. The Hall–Kier alpha value is -1.02. The van der Waals surface area contributed by atoms with E-state index in [0.717, 1.165) is 16.9 Å². The molecule has 1 aliphatic rings. The summed E-state index contributed by atoms with van der Waals surface area (Å²) in [4.78, 5) is 0. The van der Waals surface area contributed by atoms with E-state index < -0.39 is 0 Å². The van der Waals surface area contributed by atoms with Crippen molar-refractivity contribution in [2.45, 2.75) is 26.4 Å². The van der Waals surface area contributed by atoms with Crippen molar-refractivity contribution in [3.63, 3.8) is 0 Å². The number of aliphatic hydroxyl groups excluding tert-OH is 1. The van der Waals surface area contributed by atoms with E-state index in [1.165, 1.54) is 5.56 Å². The molecule has 0 fully saturated rings. The molecule has 0 amide bonds. The molecule has 1 aromatic carbocycles. The van der Waals surface area contributed by atoms with Crippen molar-refractivity contribution in [1.29, 1.82) is 0 Å². The highest BCUT2D eigenvalue weighted by Crippen LogP contribution is 2.35. The molecule has 0 aromatic heterocycles. The summed E-state index contributed by atoms with van der Waals surface area (Å²) >= 11 is 0. The molecule has 0 aliphatic carbocycles. The van der Waals surface area contributed by atoms with Gasteiger partial charge in [-0.3, -0.25) is 0 Å². The second-order valence-electron chi connectivity index (χ2n) is 3.58. The molecule has 0 bridgehead atoms. The van der Waals surface area contributed by atoms with Crippen LogP contribution in [0.25, 0.3) is 0 Å². The number of ether oxygens (including phenoxy) is 1. The normalized spacial score (nSPS) is 20.7. The molecule has 1 atom stereocenters. The predicted molar refractivity (Wildman–Crippen MR) is 51.0 cm³/mol. The molecule has 1 N–H and O–H groups in total. The molecule has 2 heteroatoms. The third-order valence-electron chi connectivity index (χ3n) is 2.70. The summed E-state index contributed by atoms with van der Waals surface area (Å²) in [5.74, 6) is 0.888. The third kappa shape index (κ3) is 1.31. The summed E-state index contributed by atoms with van der Waals surface area (Å²) in [6.45, 7) is 4.71. The quantitative estimate of drug-likeness (QED) is 0.659. The number of benzene rings is 1. The fourth-order valence-electron chi connectivity index (χ4n) is 1.69. The van der Waals surface area contributed by atoms with Crippen molar-refractivity contribution in [3.05, 3.63) is 28.8 Å². The van der Waals surface area contributed by atoms with Crippen molar-refractivity contribution >= 4 is 0 Å². The Morgan fingerprint density at radius 2 is 2.15 bits per heavy atom. The highest BCUT2D eigenvalue weighted by molar-refractivity contribution is 5.47. The molecule has 2 rings (SSSR count). The van der Waals surface area contributed by atoms with Gasteiger partial charge in [-0.25, -0.2) is 0 Å². The van der Waals surface area contributed by atoms with E-state index in [1.54, 1.807) is 0 Å². The topological polar surface area (TPSA) is 29.5 Å². The van der Waals surface area contributed by atoms with Crippen LogP contribution >= 0.6 is 0 Å². The van der Waals surface area contributed by atoms with Crippen molar-refractivity contribution < 1.29 is 9.84 Å². The van der Waals surface area contributed by atoms with Gasteiger partial charge in [0.25, 0.3) is 0 Å². The van der Waals surface area contributed by atoms with Gasteiger partial charge in [0.15, 0.2) is 0 Å². The summed E-state index contributed by atoms with van der Waals surface area (Å²) < 4.78 is 5.55. The SMILES string of the molecule is Cc1ccc2c(c1C)OCCC2O. The van der Waals surface area contributed by atoms with Crippen LogP contribution in [-0.4, -0.2) is 11.7 Å². The standard InChI is InChI=1S/C11H14O2/c1-7-3-4-9-10(12)5-6-13-11(9)8(7)2/h3-4,10,12H,5-6H2,1-2H3. The van der Waals surface area contributed by atoms with E-state index in [4.69, 9.17) is 4.74 Å². The lowest BCUT2D eigenvalue weighted by molar-refractivity contribution is 0.115. The van der Waals surface area contributed by atoms with E-state index in [2.05, 4.69) is 6.92 Å². The number of rotatable bonds is 0. The zero-order valence-corrected chi connectivity index (χ0v) is 8.00. The Bertz CT molecular complexity index is 331. The second kappa shape index (κ2) is 3.04. The average molecular weight is 178 g/mol. The maximum Gasteiger partial charge on any atom is 0.128 e. The molecule has 0 radical (unpaired) electrons. The maximum atomic E-state index is 9.70. The molecule has 0 spiro atoms. The van der Waals surface area contributed by atoms with Crippen LogP contribution in [0.2, 0.25) is 0 Å². The van der Waals surface area contributed by atoms with Gasteiger partial charge in [0.2, 0.25) is 0 Å². The van der Waals surface area contributed by atoms with Crippen LogP contribution in [0.5, 0.6) is 5.75 Å². The summed E-state index contributed by atoms with van der Waals surface area (Å²) in [5, 5.41) is 9.70. The van der Waals surface area contributed by atoms with Crippen molar-refractivity contribution in [1.82, 2.24) is 0 Å². The highest BCUT2D eigenvalue weighted by Gasteiger charge is 2.20. The zero-order chi connectivity index (χ0) is 9.42. The van der Waals surface area contributed by atoms with Gasteiger partial charge in [-0.1, -0.05) is 12.1 Å². The van der Waals surface area contributed by atoms with E-state index in [1.807, 2.05) is 19.1 Å². The third-order valence-corrected chi connectivity index (χ3v) is 2.70. The van der Waals surface area contributed by atoms with Crippen LogP contribution in [0.15, 0.2) is 12.1 Å². The largest absolute Gasteiger partial charge is 0.493 e. The zero-order valence-electron chi connectivity index (χ0n) is 8.00. The number of hydrogen-bond donors (Lipinski definition) is 1. The van der Waals surface area contributed by atoms with Crippen LogP contribution in [0, 0.1) is 13.8 Å². The van der Waals surface area contributed by atoms with Gasteiger partial charge in [-0.15, -0.1) is 0 Å². The predicted octanol–water partition coefficient (Wildman–Crippen LogP) is 2.12. The average Bonchev–Trinajstić information content (AvgIpc) is 2.12. The fraction of sp³-hybridized carbons (Fsp3) is 0.455. The summed E-state index contributed by atoms with van der Waals surface area (Å²) in [7, 11) is 0. The van der Waals surface area contributed by atoms with Crippen LogP contribution < -0.4 is 4.74 Å². The smallest absolute Gasteiger partial charge is 0.128 e. The van der Waals surface area contributed by atoms with Crippen LogP contribution in [0.4, 0.5) is 0 Å². The molecule has 0 saturated carbocycles. The first kappa shape index (κ1) is 8.57. The highest BCUT2D eigenvalue weighted by atomic mass is 16.5. The molecule has 1 unspecified atom stereocenters. The lowest BCUT2D eigenvalue weighted by Crippen LogP contribution is -2.14. The first-order valence-corrected chi connectivity index (χ1v) is 4.61. The van der Waals surface area contributed by atoms with Crippen LogP contribution in [0.1, 0.15) is 29.2 Å². The molecular formula is C11H14O2. The summed E-state index contributed by atoms with van der Waals surface area (Å²) in [6, 6.07) is 3.99. The van der Waals surface area contributed by atoms with E-state index >= 15 is 0 Å². The fourth-order valence-corrected chi connectivity index (χ4v) is 1.69. The van der Waals surface area contributed by atoms with Gasteiger partial charge in [0, 0.05) is 12.0 Å². The Kier molecular flexibility index (Phi) is 2.00. The lowest BCUT2D eigenvalue weighted by atomic mass is 9.97. The van der Waals surface area contributed by atoms with Crippen molar-refractivity contribution in [2.24, 2.45) is 0 Å². The number of fused-ring (bicyclic) bond motifs is 1. The molecule has 0 saturated heterocycles. The Labute approximate surface area is 78.2 Å². The van der Waals surface area contributed by atoms with Crippen molar-refractivity contribution in [2.75, 3.05) is 6.61 Å². The minimum absolute atomic E-state index is 0.344. The summed E-state index contributed by atoms with van der Waals surface area (Å²) in [6.07, 6.45) is 0.359. The monoisotopic (exact) mass is 178 g/mol. The first-order chi connectivity index (χ1) is 6.20. The molecule has 1 heterocycles. The molecule has 70 valence electrons. The molecular weight excluding hydrogens is 164 g/mol. The minimum Gasteiger partial charge on any atom is -0.493 e. The second-order valence-corrected chi connectivity index (χ2v) is 3.58. The van der Waals surface area contributed by atoms with Gasteiger partial charge in [-0.2, -0.15) is 0 Å². The van der Waals surface area contributed by atoms with Gasteiger partial charge in [-0.05, 0) is 25.0 Å².